The van der Waals surface area contributed by atoms with E-state index in [0.29, 0.717) is 6.61 Å². The Labute approximate surface area is 114 Å². The van der Waals surface area contributed by atoms with Crippen LogP contribution in [0, 0.1) is 0 Å². The molecule has 0 bridgehead atoms. The zero-order chi connectivity index (χ0) is 14.1. The minimum absolute atomic E-state index is 0.0354. The fourth-order valence-electron chi connectivity index (χ4n) is 2.08. The standard InChI is InChI=1S/C14H11NO5/c16-13(12-5-8(6-19-12)14(17)18)15-10-7-20-11-4-2-1-3-9(10)11/h1-6,10H,7H2,(H,15,16)(H,17,18). The molecule has 1 atom stereocenters. The summed E-state index contributed by atoms with van der Waals surface area (Å²) in [5, 5.41) is 11.5. The summed E-state index contributed by atoms with van der Waals surface area (Å²) in [6.07, 6.45) is 1.04. The smallest absolute Gasteiger partial charge is 0.338 e. The van der Waals surface area contributed by atoms with Crippen LogP contribution in [0.3, 0.4) is 0 Å². The molecule has 6 heteroatoms. The van der Waals surface area contributed by atoms with E-state index in [-0.39, 0.29) is 17.4 Å². The number of fused-ring (bicyclic) bond motifs is 1. The summed E-state index contributed by atoms with van der Waals surface area (Å²) in [6.45, 7) is 0.345. The molecule has 2 heterocycles. The lowest BCUT2D eigenvalue weighted by Gasteiger charge is -2.09. The molecule has 1 aromatic heterocycles. The molecule has 0 saturated heterocycles. The third-order valence-corrected chi connectivity index (χ3v) is 3.08. The van der Waals surface area contributed by atoms with Gasteiger partial charge >= 0.3 is 5.97 Å². The molecule has 2 aromatic rings. The van der Waals surface area contributed by atoms with Crippen molar-refractivity contribution >= 4 is 11.9 Å². The molecule has 1 amide bonds. The largest absolute Gasteiger partial charge is 0.491 e. The first-order chi connectivity index (χ1) is 9.65. The number of carbonyl (C=O) groups excluding carboxylic acids is 1. The highest BCUT2D eigenvalue weighted by molar-refractivity contribution is 5.95. The molecule has 0 spiro atoms. The van der Waals surface area contributed by atoms with E-state index in [0.717, 1.165) is 17.6 Å². The number of aromatic carboxylic acids is 1. The second kappa shape index (κ2) is 4.73. The molecule has 102 valence electrons. The Balaban J connectivity index is 1.75. The average Bonchev–Trinajstić information content (AvgIpc) is 3.06. The van der Waals surface area contributed by atoms with Gasteiger partial charge in [-0.3, -0.25) is 4.79 Å². The Morgan fingerprint density at radius 1 is 1.30 bits per heavy atom. The van der Waals surface area contributed by atoms with Crippen molar-refractivity contribution in [2.45, 2.75) is 6.04 Å². The lowest BCUT2D eigenvalue weighted by molar-refractivity contribution is 0.0695. The van der Waals surface area contributed by atoms with E-state index < -0.39 is 11.9 Å². The van der Waals surface area contributed by atoms with Gasteiger partial charge in [-0.15, -0.1) is 0 Å². The SMILES string of the molecule is O=C(O)c1coc(C(=O)NC2COc3ccccc32)c1. The zero-order valence-corrected chi connectivity index (χ0v) is 10.3. The molecule has 3 rings (SSSR count). The number of furan rings is 1. The maximum absolute atomic E-state index is 12.0. The van der Waals surface area contributed by atoms with Gasteiger partial charge in [-0.25, -0.2) is 4.79 Å². The topological polar surface area (TPSA) is 88.8 Å². The van der Waals surface area contributed by atoms with Crippen molar-refractivity contribution in [1.82, 2.24) is 5.32 Å². The quantitative estimate of drug-likeness (QED) is 0.890. The Morgan fingerprint density at radius 3 is 2.85 bits per heavy atom. The first-order valence-electron chi connectivity index (χ1n) is 5.99. The molecule has 0 aliphatic carbocycles. The Hall–Kier alpha value is -2.76. The van der Waals surface area contributed by atoms with E-state index in [1.165, 1.54) is 6.07 Å². The minimum Gasteiger partial charge on any atom is -0.491 e. The number of para-hydroxylation sites is 1. The van der Waals surface area contributed by atoms with E-state index >= 15 is 0 Å². The van der Waals surface area contributed by atoms with Gasteiger partial charge in [-0.2, -0.15) is 0 Å². The van der Waals surface area contributed by atoms with Crippen molar-refractivity contribution in [1.29, 1.82) is 0 Å². The fourth-order valence-corrected chi connectivity index (χ4v) is 2.08. The zero-order valence-electron chi connectivity index (χ0n) is 10.3. The van der Waals surface area contributed by atoms with Crippen molar-refractivity contribution in [2.75, 3.05) is 6.61 Å². The van der Waals surface area contributed by atoms with E-state index in [9.17, 15) is 9.59 Å². The number of carbonyl (C=O) groups is 2. The maximum atomic E-state index is 12.0. The number of amides is 1. The third-order valence-electron chi connectivity index (χ3n) is 3.08. The molecule has 6 nitrogen and oxygen atoms in total. The molecular formula is C14H11NO5. The summed E-state index contributed by atoms with van der Waals surface area (Å²) in [7, 11) is 0. The molecule has 20 heavy (non-hydrogen) atoms. The van der Waals surface area contributed by atoms with Crippen LogP contribution >= 0.6 is 0 Å². The van der Waals surface area contributed by atoms with Crippen LogP contribution in [0.5, 0.6) is 5.75 Å². The van der Waals surface area contributed by atoms with Gasteiger partial charge in [-0.1, -0.05) is 18.2 Å². The number of hydrogen-bond acceptors (Lipinski definition) is 4. The summed E-state index contributed by atoms with van der Waals surface area (Å²) in [6, 6.07) is 8.35. The van der Waals surface area contributed by atoms with Gasteiger partial charge in [0.25, 0.3) is 5.91 Å². The normalized spacial score (nSPS) is 16.3. The van der Waals surface area contributed by atoms with Crippen LogP contribution in [0.2, 0.25) is 0 Å². The fraction of sp³-hybridized carbons (Fsp3) is 0.143. The summed E-state index contributed by atoms with van der Waals surface area (Å²) < 4.78 is 10.4. The number of carboxylic acids is 1. The number of nitrogens with one attached hydrogen (secondary N) is 1. The highest BCUT2D eigenvalue weighted by Crippen LogP contribution is 2.31. The van der Waals surface area contributed by atoms with Crippen molar-refractivity contribution < 1.29 is 23.8 Å². The molecule has 1 aliphatic heterocycles. The highest BCUT2D eigenvalue weighted by atomic mass is 16.5. The lowest BCUT2D eigenvalue weighted by Crippen LogP contribution is -2.29. The lowest BCUT2D eigenvalue weighted by atomic mass is 10.1. The van der Waals surface area contributed by atoms with Crippen molar-refractivity contribution in [3.63, 3.8) is 0 Å². The minimum atomic E-state index is -1.14. The molecule has 2 N–H and O–H groups in total. The Kier molecular flexibility index (Phi) is 2.90. The second-order valence-corrected chi connectivity index (χ2v) is 4.38. The highest BCUT2D eigenvalue weighted by Gasteiger charge is 2.26. The number of benzene rings is 1. The van der Waals surface area contributed by atoms with Crippen molar-refractivity contribution in [3.8, 4) is 5.75 Å². The maximum Gasteiger partial charge on any atom is 0.338 e. The molecule has 1 aliphatic rings. The number of rotatable bonds is 3. The predicted molar refractivity (Wildman–Crippen MR) is 67.8 cm³/mol. The van der Waals surface area contributed by atoms with Gasteiger partial charge in [0.2, 0.25) is 0 Å². The van der Waals surface area contributed by atoms with Crippen molar-refractivity contribution in [2.24, 2.45) is 0 Å². The van der Waals surface area contributed by atoms with Crippen LogP contribution in [-0.2, 0) is 0 Å². The van der Waals surface area contributed by atoms with Crippen LogP contribution in [0.25, 0.3) is 0 Å². The van der Waals surface area contributed by atoms with Gasteiger partial charge in [0.05, 0.1) is 11.6 Å². The molecular weight excluding hydrogens is 262 g/mol. The Morgan fingerprint density at radius 2 is 2.10 bits per heavy atom. The van der Waals surface area contributed by atoms with E-state index in [2.05, 4.69) is 5.32 Å². The third kappa shape index (κ3) is 2.11. The predicted octanol–water partition coefficient (Wildman–Crippen LogP) is 1.84. The van der Waals surface area contributed by atoms with Crippen molar-refractivity contribution in [3.05, 3.63) is 53.5 Å². The number of carboxylic acid groups (broad SMARTS) is 1. The molecule has 0 fully saturated rings. The number of ether oxygens (including phenoxy) is 1. The Bertz CT molecular complexity index is 676. The van der Waals surface area contributed by atoms with E-state index in [1.54, 1.807) is 0 Å². The van der Waals surface area contributed by atoms with Crippen LogP contribution in [-0.4, -0.2) is 23.6 Å². The van der Waals surface area contributed by atoms with E-state index in [4.69, 9.17) is 14.3 Å². The van der Waals surface area contributed by atoms with Crippen LogP contribution in [0.1, 0.15) is 32.5 Å². The van der Waals surface area contributed by atoms with Gasteiger partial charge in [0.1, 0.15) is 18.6 Å². The van der Waals surface area contributed by atoms with Gasteiger partial charge in [0.15, 0.2) is 5.76 Å². The summed E-state index contributed by atoms with van der Waals surface area (Å²) in [4.78, 5) is 22.7. The molecule has 1 unspecified atom stereocenters. The van der Waals surface area contributed by atoms with Crippen LogP contribution in [0.4, 0.5) is 0 Å². The summed E-state index contributed by atoms with van der Waals surface area (Å²) in [5.74, 6) is -0.902. The first kappa shape index (κ1) is 12.3. The monoisotopic (exact) mass is 273 g/mol. The second-order valence-electron chi connectivity index (χ2n) is 4.38. The van der Waals surface area contributed by atoms with Gasteiger partial charge in [-0.05, 0) is 6.07 Å². The summed E-state index contributed by atoms with van der Waals surface area (Å²) >= 11 is 0. The van der Waals surface area contributed by atoms with Gasteiger partial charge < -0.3 is 19.6 Å². The van der Waals surface area contributed by atoms with Crippen LogP contribution in [0.15, 0.2) is 41.0 Å². The average molecular weight is 273 g/mol. The van der Waals surface area contributed by atoms with E-state index in [1.807, 2.05) is 24.3 Å². The molecule has 0 saturated carbocycles. The molecule has 0 radical (unpaired) electrons. The molecule has 1 aromatic carbocycles. The number of hydrogen-bond donors (Lipinski definition) is 2. The summed E-state index contributed by atoms with van der Waals surface area (Å²) in [5.41, 5.74) is 0.837. The first-order valence-corrected chi connectivity index (χ1v) is 5.99. The van der Waals surface area contributed by atoms with Crippen LogP contribution < -0.4 is 10.1 Å². The van der Waals surface area contributed by atoms with Gasteiger partial charge in [0, 0.05) is 11.6 Å².